The van der Waals surface area contributed by atoms with Crippen molar-refractivity contribution in [1.29, 1.82) is 0 Å². The summed E-state index contributed by atoms with van der Waals surface area (Å²) < 4.78 is 2.03. The van der Waals surface area contributed by atoms with E-state index in [4.69, 9.17) is 21.8 Å². The van der Waals surface area contributed by atoms with Crippen LogP contribution < -0.4 is 17.1 Å². The van der Waals surface area contributed by atoms with E-state index in [1.54, 1.807) is 0 Å². The van der Waals surface area contributed by atoms with Crippen LogP contribution in [0.4, 0.5) is 0 Å². The van der Waals surface area contributed by atoms with Crippen molar-refractivity contribution in [2.45, 2.75) is 59.9 Å². The lowest BCUT2D eigenvalue weighted by Gasteiger charge is -2.14. The largest absolute Gasteiger partial charge is 0.321 e. The summed E-state index contributed by atoms with van der Waals surface area (Å²) in [6.45, 7) is 9.46. The first kappa shape index (κ1) is 23.4. The van der Waals surface area contributed by atoms with E-state index in [2.05, 4.69) is 49.3 Å². The first-order chi connectivity index (χ1) is 15.3. The van der Waals surface area contributed by atoms with E-state index in [-0.39, 0.29) is 5.41 Å². The van der Waals surface area contributed by atoms with Gasteiger partial charge in [0.05, 0.1) is 12.2 Å². The standard InChI is InChI=1S/C24H34N8/c1-5-6-11-22-28-21(14-24(2,3)4)31-32(22)16-17-12-13-20(27-15-17)18-9-7-8-10-19(18)23(29-25)30-26/h7-10,12-13,15H,5-6,11,14,16,25-26H2,1-4H3,(H,29,30). The molecule has 0 saturated heterocycles. The molecule has 0 spiro atoms. The van der Waals surface area contributed by atoms with Gasteiger partial charge in [-0.3, -0.25) is 4.98 Å². The third-order valence-electron chi connectivity index (χ3n) is 5.12. The molecule has 8 nitrogen and oxygen atoms in total. The van der Waals surface area contributed by atoms with Gasteiger partial charge in [-0.05, 0) is 23.5 Å². The highest BCUT2D eigenvalue weighted by molar-refractivity contribution is 6.03. The molecule has 32 heavy (non-hydrogen) atoms. The van der Waals surface area contributed by atoms with Crippen LogP contribution in [-0.2, 0) is 19.4 Å². The Kier molecular flexibility index (Phi) is 7.58. The van der Waals surface area contributed by atoms with Crippen LogP contribution >= 0.6 is 0 Å². The number of aromatic nitrogens is 4. The van der Waals surface area contributed by atoms with Crippen molar-refractivity contribution in [3.8, 4) is 11.3 Å². The molecular weight excluding hydrogens is 400 g/mol. The van der Waals surface area contributed by atoms with Crippen molar-refractivity contribution in [2.24, 2.45) is 22.2 Å². The molecule has 2 aromatic heterocycles. The summed E-state index contributed by atoms with van der Waals surface area (Å²) in [5, 5.41) is 8.54. The quantitative estimate of drug-likeness (QED) is 0.216. The molecule has 0 radical (unpaired) electrons. The van der Waals surface area contributed by atoms with Gasteiger partial charge in [-0.2, -0.15) is 10.2 Å². The van der Waals surface area contributed by atoms with Crippen LogP contribution in [0.2, 0.25) is 0 Å². The second-order valence-corrected chi connectivity index (χ2v) is 9.16. The summed E-state index contributed by atoms with van der Waals surface area (Å²) in [5.41, 5.74) is 6.27. The zero-order valence-electron chi connectivity index (χ0n) is 19.5. The average Bonchev–Trinajstić information content (AvgIpc) is 3.13. The lowest BCUT2D eigenvalue weighted by Crippen LogP contribution is -2.32. The molecule has 0 atom stereocenters. The van der Waals surface area contributed by atoms with Crippen molar-refractivity contribution < 1.29 is 0 Å². The van der Waals surface area contributed by atoms with Crippen LogP contribution in [0.25, 0.3) is 11.3 Å². The number of hydrogen-bond donors (Lipinski definition) is 3. The van der Waals surface area contributed by atoms with Gasteiger partial charge in [0.15, 0.2) is 11.7 Å². The van der Waals surface area contributed by atoms with Crippen LogP contribution in [-0.4, -0.2) is 25.6 Å². The van der Waals surface area contributed by atoms with E-state index in [0.29, 0.717) is 12.4 Å². The Morgan fingerprint density at radius 1 is 1.16 bits per heavy atom. The molecular formula is C24H34N8. The number of hydrazone groups is 1. The van der Waals surface area contributed by atoms with Gasteiger partial charge in [-0.1, -0.05) is 64.4 Å². The van der Waals surface area contributed by atoms with Crippen LogP contribution in [0.5, 0.6) is 0 Å². The van der Waals surface area contributed by atoms with Crippen molar-refractivity contribution in [3.05, 3.63) is 65.4 Å². The number of hydrazine groups is 1. The van der Waals surface area contributed by atoms with E-state index in [0.717, 1.165) is 59.7 Å². The number of pyridine rings is 1. The molecule has 0 saturated carbocycles. The second kappa shape index (κ2) is 10.4. The fourth-order valence-electron chi connectivity index (χ4n) is 3.57. The molecule has 0 fully saturated rings. The van der Waals surface area contributed by atoms with Gasteiger partial charge in [-0.25, -0.2) is 15.5 Å². The van der Waals surface area contributed by atoms with E-state index in [9.17, 15) is 0 Å². The Bertz CT molecular complexity index is 1040. The smallest absolute Gasteiger partial charge is 0.167 e. The Morgan fingerprint density at radius 3 is 2.56 bits per heavy atom. The Balaban J connectivity index is 1.85. The Labute approximate surface area is 190 Å². The molecule has 3 aromatic rings. The Hall–Kier alpha value is -3.26. The molecule has 0 unspecified atom stereocenters. The topological polar surface area (TPSA) is 120 Å². The fourth-order valence-corrected chi connectivity index (χ4v) is 3.57. The van der Waals surface area contributed by atoms with Crippen molar-refractivity contribution in [1.82, 2.24) is 25.2 Å². The summed E-state index contributed by atoms with van der Waals surface area (Å²) in [7, 11) is 0. The summed E-state index contributed by atoms with van der Waals surface area (Å²) in [5.74, 6) is 13.4. The van der Waals surface area contributed by atoms with Crippen LogP contribution in [0.15, 0.2) is 47.7 Å². The van der Waals surface area contributed by atoms with Gasteiger partial charge >= 0.3 is 0 Å². The Morgan fingerprint density at radius 2 is 1.94 bits per heavy atom. The highest BCUT2D eigenvalue weighted by Gasteiger charge is 2.18. The number of amidine groups is 1. The molecule has 1 aromatic carbocycles. The van der Waals surface area contributed by atoms with Crippen molar-refractivity contribution >= 4 is 5.84 Å². The van der Waals surface area contributed by atoms with Crippen LogP contribution in [0.3, 0.4) is 0 Å². The van der Waals surface area contributed by atoms with Gasteiger partial charge < -0.3 is 11.3 Å². The van der Waals surface area contributed by atoms with Crippen LogP contribution in [0.1, 0.15) is 63.3 Å². The molecule has 0 amide bonds. The van der Waals surface area contributed by atoms with E-state index >= 15 is 0 Å². The minimum atomic E-state index is 0.148. The number of hydrogen-bond acceptors (Lipinski definition) is 6. The SMILES string of the molecule is CCCCc1nc(CC(C)(C)C)nn1Cc1ccc(-c2ccccc2/C(=N/N)NN)nc1. The summed E-state index contributed by atoms with van der Waals surface area (Å²) >= 11 is 0. The van der Waals surface area contributed by atoms with Gasteiger partial charge in [0, 0.05) is 30.2 Å². The highest BCUT2D eigenvalue weighted by atomic mass is 15.3. The average molecular weight is 435 g/mol. The van der Waals surface area contributed by atoms with Gasteiger partial charge in [0.1, 0.15) is 5.82 Å². The first-order valence-electron chi connectivity index (χ1n) is 11.1. The molecule has 5 N–H and O–H groups in total. The number of nitrogens with two attached hydrogens (primary N) is 2. The van der Waals surface area contributed by atoms with Crippen molar-refractivity contribution in [3.63, 3.8) is 0 Å². The minimum Gasteiger partial charge on any atom is -0.321 e. The van der Waals surface area contributed by atoms with Gasteiger partial charge in [0.25, 0.3) is 0 Å². The predicted octanol–water partition coefficient (Wildman–Crippen LogP) is 3.40. The highest BCUT2D eigenvalue weighted by Crippen LogP contribution is 2.23. The molecule has 0 aliphatic carbocycles. The molecule has 0 aliphatic rings. The van der Waals surface area contributed by atoms with Gasteiger partial charge in [0.2, 0.25) is 0 Å². The molecule has 170 valence electrons. The van der Waals surface area contributed by atoms with Crippen molar-refractivity contribution in [2.75, 3.05) is 0 Å². The number of unbranched alkanes of at least 4 members (excludes halogenated alkanes) is 1. The summed E-state index contributed by atoms with van der Waals surface area (Å²) in [6, 6.07) is 11.8. The maximum absolute atomic E-state index is 5.56. The zero-order chi connectivity index (χ0) is 23.1. The van der Waals surface area contributed by atoms with Gasteiger partial charge in [-0.15, -0.1) is 0 Å². The number of nitrogens with one attached hydrogen (secondary N) is 1. The number of nitrogens with zero attached hydrogens (tertiary/aromatic N) is 5. The lowest BCUT2D eigenvalue weighted by atomic mass is 9.92. The maximum Gasteiger partial charge on any atom is 0.167 e. The van der Waals surface area contributed by atoms with E-state index in [1.807, 2.05) is 41.2 Å². The normalized spacial score (nSPS) is 12.2. The lowest BCUT2D eigenvalue weighted by molar-refractivity contribution is 0.399. The number of rotatable bonds is 8. The maximum atomic E-state index is 5.56. The number of benzene rings is 1. The zero-order valence-corrected chi connectivity index (χ0v) is 19.5. The predicted molar refractivity (Wildman–Crippen MR) is 129 cm³/mol. The molecule has 3 rings (SSSR count). The molecule has 0 bridgehead atoms. The fraction of sp³-hybridized carbons (Fsp3) is 0.417. The number of aryl methyl sites for hydroxylation is 1. The third kappa shape index (κ3) is 5.91. The first-order valence-corrected chi connectivity index (χ1v) is 11.1. The second-order valence-electron chi connectivity index (χ2n) is 9.16. The molecule has 2 heterocycles. The molecule has 0 aliphatic heterocycles. The van der Waals surface area contributed by atoms with E-state index in [1.165, 1.54) is 0 Å². The summed E-state index contributed by atoms with van der Waals surface area (Å²) in [4.78, 5) is 9.52. The summed E-state index contributed by atoms with van der Waals surface area (Å²) in [6.07, 6.45) is 5.90. The van der Waals surface area contributed by atoms with Crippen LogP contribution in [0, 0.1) is 5.41 Å². The monoisotopic (exact) mass is 434 g/mol. The molecule has 8 heteroatoms. The third-order valence-corrected chi connectivity index (χ3v) is 5.12. The minimum absolute atomic E-state index is 0.148. The van der Waals surface area contributed by atoms with E-state index < -0.39 is 0 Å².